The van der Waals surface area contributed by atoms with E-state index in [0.717, 1.165) is 30.4 Å². The van der Waals surface area contributed by atoms with Crippen LogP contribution in [0.25, 0.3) is 11.1 Å². The van der Waals surface area contributed by atoms with Gasteiger partial charge in [-0.15, -0.1) is 11.3 Å². The Labute approximate surface area is 194 Å². The predicted molar refractivity (Wildman–Crippen MR) is 113 cm³/mol. The number of rotatable bonds is 8. The van der Waals surface area contributed by atoms with Crippen molar-refractivity contribution in [2.24, 2.45) is 0 Å². The van der Waals surface area contributed by atoms with Crippen molar-refractivity contribution in [3.63, 3.8) is 0 Å². The summed E-state index contributed by atoms with van der Waals surface area (Å²) in [5.74, 6) is -10.7. The maximum absolute atomic E-state index is 14.8. The molecule has 1 atom stereocenters. The van der Waals surface area contributed by atoms with E-state index >= 15 is 0 Å². The van der Waals surface area contributed by atoms with Crippen LogP contribution in [-0.4, -0.2) is 27.4 Å². The van der Waals surface area contributed by atoms with Gasteiger partial charge in [-0.25, -0.2) is 0 Å². The van der Waals surface area contributed by atoms with Crippen molar-refractivity contribution in [3.8, 4) is 16.9 Å². The second kappa shape index (κ2) is 9.57. The fourth-order valence-electron chi connectivity index (χ4n) is 3.44. The SMILES string of the molecule is Cc1cccc(-c2csc(COc3ccc(CO)c(CO)c3)c2)c1C(O)(F)C(F)(F)C(F)(F)F. The number of ether oxygens (including phenoxy) is 1. The maximum atomic E-state index is 14.8. The first-order valence-corrected chi connectivity index (χ1v) is 10.7. The van der Waals surface area contributed by atoms with Gasteiger partial charge in [0.05, 0.1) is 13.2 Å². The molecule has 1 heterocycles. The van der Waals surface area contributed by atoms with Gasteiger partial charge >= 0.3 is 18.0 Å². The summed E-state index contributed by atoms with van der Waals surface area (Å²) in [6, 6.07) is 9.72. The molecule has 0 bridgehead atoms. The van der Waals surface area contributed by atoms with Crippen molar-refractivity contribution in [3.05, 3.63) is 75.0 Å². The predicted octanol–water partition coefficient (Wildman–Crippen LogP) is 5.60. The van der Waals surface area contributed by atoms with Crippen molar-refractivity contribution in [1.29, 1.82) is 0 Å². The Hall–Kier alpha value is -2.60. The first-order chi connectivity index (χ1) is 15.8. The van der Waals surface area contributed by atoms with Gasteiger partial charge in [0.1, 0.15) is 12.4 Å². The van der Waals surface area contributed by atoms with Gasteiger partial charge in [0, 0.05) is 10.4 Å². The van der Waals surface area contributed by atoms with E-state index in [9.17, 15) is 41.7 Å². The minimum atomic E-state index is -6.32. The van der Waals surface area contributed by atoms with Crippen LogP contribution in [0.5, 0.6) is 5.75 Å². The molecule has 3 aromatic rings. The smallest absolute Gasteiger partial charge is 0.459 e. The van der Waals surface area contributed by atoms with E-state index in [0.29, 0.717) is 21.8 Å². The Balaban J connectivity index is 1.91. The third-order valence-electron chi connectivity index (χ3n) is 5.24. The third kappa shape index (κ3) is 4.78. The molecule has 0 saturated heterocycles. The minimum absolute atomic E-state index is 0.0201. The maximum Gasteiger partial charge on any atom is 0.459 e. The van der Waals surface area contributed by atoms with E-state index in [4.69, 9.17) is 4.74 Å². The Morgan fingerprint density at radius 2 is 1.59 bits per heavy atom. The number of benzene rings is 2. The number of aliphatic hydroxyl groups is 3. The van der Waals surface area contributed by atoms with Crippen LogP contribution in [0.15, 0.2) is 47.8 Å². The van der Waals surface area contributed by atoms with Crippen LogP contribution in [0, 0.1) is 6.92 Å². The quantitative estimate of drug-likeness (QED) is 0.348. The minimum Gasteiger partial charge on any atom is -0.488 e. The summed E-state index contributed by atoms with van der Waals surface area (Å²) in [6.45, 7) is 0.521. The van der Waals surface area contributed by atoms with E-state index in [1.54, 1.807) is 12.1 Å². The second-order valence-electron chi connectivity index (χ2n) is 7.53. The molecule has 0 fully saturated rings. The number of hydrogen-bond acceptors (Lipinski definition) is 5. The second-order valence-corrected chi connectivity index (χ2v) is 8.52. The molecule has 1 aromatic heterocycles. The average molecular weight is 506 g/mol. The molecule has 4 nitrogen and oxygen atoms in total. The molecular formula is C23H20F6O4S. The van der Waals surface area contributed by atoms with E-state index in [1.165, 1.54) is 23.6 Å². The lowest BCUT2D eigenvalue weighted by atomic mass is 9.89. The molecule has 0 aliphatic carbocycles. The van der Waals surface area contributed by atoms with Crippen molar-refractivity contribution >= 4 is 11.3 Å². The highest BCUT2D eigenvalue weighted by Gasteiger charge is 2.72. The highest BCUT2D eigenvalue weighted by molar-refractivity contribution is 7.10. The van der Waals surface area contributed by atoms with E-state index in [1.807, 2.05) is 0 Å². The van der Waals surface area contributed by atoms with Crippen molar-refractivity contribution in [1.82, 2.24) is 0 Å². The number of halogens is 6. The van der Waals surface area contributed by atoms with Crippen LogP contribution in [-0.2, 0) is 25.7 Å². The van der Waals surface area contributed by atoms with Crippen LogP contribution >= 0.6 is 11.3 Å². The first-order valence-electron chi connectivity index (χ1n) is 9.83. The molecule has 1 unspecified atom stereocenters. The topological polar surface area (TPSA) is 69.9 Å². The lowest BCUT2D eigenvalue weighted by Crippen LogP contribution is -2.52. The first kappa shape index (κ1) is 26.0. The Kier molecular flexibility index (Phi) is 7.32. The van der Waals surface area contributed by atoms with Crippen LogP contribution in [0.1, 0.15) is 27.1 Å². The van der Waals surface area contributed by atoms with E-state index < -0.39 is 23.5 Å². The van der Waals surface area contributed by atoms with Gasteiger partial charge in [0.25, 0.3) is 0 Å². The summed E-state index contributed by atoms with van der Waals surface area (Å²) in [5.41, 5.74) is -0.654. The van der Waals surface area contributed by atoms with Crippen LogP contribution in [0.4, 0.5) is 26.3 Å². The van der Waals surface area contributed by atoms with Gasteiger partial charge < -0.3 is 20.1 Å². The van der Waals surface area contributed by atoms with Crippen LogP contribution in [0.2, 0.25) is 0 Å². The summed E-state index contributed by atoms with van der Waals surface area (Å²) in [7, 11) is 0. The van der Waals surface area contributed by atoms with E-state index in [2.05, 4.69) is 0 Å². The fraction of sp³-hybridized carbons (Fsp3) is 0.304. The Morgan fingerprint density at radius 3 is 2.21 bits per heavy atom. The molecule has 0 amide bonds. The molecule has 34 heavy (non-hydrogen) atoms. The van der Waals surface area contributed by atoms with Crippen LogP contribution < -0.4 is 4.74 Å². The summed E-state index contributed by atoms with van der Waals surface area (Å²) in [5, 5.41) is 29.9. The largest absolute Gasteiger partial charge is 0.488 e. The van der Waals surface area contributed by atoms with Gasteiger partial charge in [0.15, 0.2) is 0 Å². The highest BCUT2D eigenvalue weighted by Crippen LogP contribution is 2.52. The molecule has 0 aliphatic rings. The molecular weight excluding hydrogens is 486 g/mol. The van der Waals surface area contributed by atoms with Crippen molar-refractivity contribution < 1.29 is 46.4 Å². The van der Waals surface area contributed by atoms with E-state index in [-0.39, 0.29) is 36.5 Å². The van der Waals surface area contributed by atoms with Gasteiger partial charge in [-0.2, -0.15) is 26.3 Å². The number of alkyl halides is 6. The van der Waals surface area contributed by atoms with Crippen molar-refractivity contribution in [2.75, 3.05) is 0 Å². The summed E-state index contributed by atoms with van der Waals surface area (Å²) in [4.78, 5) is 0.532. The molecule has 11 heteroatoms. The Bertz CT molecular complexity index is 1160. The fourth-order valence-corrected chi connectivity index (χ4v) is 4.23. The molecule has 0 aliphatic heterocycles. The zero-order valence-electron chi connectivity index (χ0n) is 17.7. The highest BCUT2D eigenvalue weighted by atomic mass is 32.1. The molecule has 0 radical (unpaired) electrons. The molecule has 3 rings (SSSR count). The third-order valence-corrected chi connectivity index (χ3v) is 6.15. The lowest BCUT2D eigenvalue weighted by molar-refractivity contribution is -0.379. The van der Waals surface area contributed by atoms with Gasteiger partial charge in [-0.1, -0.05) is 24.3 Å². The van der Waals surface area contributed by atoms with Gasteiger partial charge in [0.2, 0.25) is 0 Å². The summed E-state index contributed by atoms with van der Waals surface area (Å²) >= 11 is 1.09. The Morgan fingerprint density at radius 1 is 0.912 bits per heavy atom. The molecule has 2 aromatic carbocycles. The number of aliphatic hydroxyl groups excluding tert-OH is 2. The average Bonchev–Trinajstić information content (AvgIpc) is 3.25. The molecule has 3 N–H and O–H groups in total. The monoisotopic (exact) mass is 506 g/mol. The number of aryl methyl sites for hydroxylation is 1. The van der Waals surface area contributed by atoms with Crippen molar-refractivity contribution in [2.45, 2.75) is 44.7 Å². The standard InChI is InChI=1S/C23H20F6O4S/c1-13-3-2-4-19(20(13)21(24,32)22(25,26)23(27,28)29)16-8-18(34-12-16)11-33-17-6-5-14(9-30)15(7-17)10-31/h2-8,12,30-32H,9-11H2,1H3. The van der Waals surface area contributed by atoms with Gasteiger partial charge in [-0.3, -0.25) is 0 Å². The summed E-state index contributed by atoms with van der Waals surface area (Å²) < 4.78 is 86.8. The van der Waals surface area contributed by atoms with Crippen LogP contribution in [0.3, 0.4) is 0 Å². The zero-order chi connectivity index (χ0) is 25.3. The normalized spacial score (nSPS) is 14.2. The number of hydrogen-bond donors (Lipinski definition) is 3. The zero-order valence-corrected chi connectivity index (χ0v) is 18.5. The number of thiophene rings is 1. The summed E-state index contributed by atoms with van der Waals surface area (Å²) in [6.07, 6.45) is -6.32. The van der Waals surface area contributed by atoms with Gasteiger partial charge in [-0.05, 0) is 58.3 Å². The molecule has 0 spiro atoms. The lowest BCUT2D eigenvalue weighted by Gasteiger charge is -2.32. The molecule has 184 valence electrons. The molecule has 0 saturated carbocycles.